The minimum atomic E-state index is -0.146. The third kappa shape index (κ3) is 3.01. The van der Waals surface area contributed by atoms with E-state index in [4.69, 9.17) is 9.47 Å². The molecule has 1 aliphatic rings. The molecule has 0 bridgehead atoms. The van der Waals surface area contributed by atoms with Crippen LogP contribution >= 0.6 is 0 Å². The van der Waals surface area contributed by atoms with Crippen molar-refractivity contribution < 1.29 is 19.1 Å². The Kier molecular flexibility index (Phi) is 4.33. The van der Waals surface area contributed by atoms with Gasteiger partial charge < -0.3 is 14.8 Å². The SMILES string of the molecule is CNC(=O)c1ccc(/C=C2/COc3ccc(OC)cc3C2=O)cc1. The van der Waals surface area contributed by atoms with E-state index in [1.807, 2.05) is 0 Å². The first-order chi connectivity index (χ1) is 11.6. The standard InChI is InChI=1S/C19H17NO4/c1-20-19(22)13-5-3-12(4-6-13)9-14-11-24-17-8-7-15(23-2)10-16(17)18(14)21/h3-10H,11H2,1-2H3,(H,20,22)/b14-9-. The average molecular weight is 323 g/mol. The van der Waals surface area contributed by atoms with E-state index in [-0.39, 0.29) is 18.3 Å². The van der Waals surface area contributed by atoms with E-state index in [0.717, 1.165) is 5.56 Å². The molecule has 5 heteroatoms. The fraction of sp³-hybridized carbons (Fsp3) is 0.158. The summed E-state index contributed by atoms with van der Waals surface area (Å²) in [4.78, 5) is 24.2. The normalized spacial score (nSPS) is 14.8. The lowest BCUT2D eigenvalue weighted by molar-refractivity contribution is 0.0961. The molecule has 5 nitrogen and oxygen atoms in total. The number of ether oxygens (including phenoxy) is 2. The monoisotopic (exact) mass is 323 g/mol. The maximum Gasteiger partial charge on any atom is 0.251 e. The number of methoxy groups -OCH3 is 1. The number of carbonyl (C=O) groups is 2. The quantitative estimate of drug-likeness (QED) is 0.882. The molecule has 0 aromatic heterocycles. The maximum atomic E-state index is 12.6. The minimum absolute atomic E-state index is 0.0782. The zero-order valence-corrected chi connectivity index (χ0v) is 13.5. The number of hydrogen-bond acceptors (Lipinski definition) is 4. The molecule has 1 aliphatic heterocycles. The second-order valence-electron chi connectivity index (χ2n) is 5.35. The summed E-state index contributed by atoms with van der Waals surface area (Å²) in [5, 5.41) is 2.57. The highest BCUT2D eigenvalue weighted by Gasteiger charge is 2.23. The molecule has 1 N–H and O–H groups in total. The first-order valence-corrected chi connectivity index (χ1v) is 7.50. The third-order valence-corrected chi connectivity index (χ3v) is 3.85. The van der Waals surface area contributed by atoms with Crippen molar-refractivity contribution in [2.45, 2.75) is 0 Å². The third-order valence-electron chi connectivity index (χ3n) is 3.85. The zero-order chi connectivity index (χ0) is 17.1. The van der Waals surface area contributed by atoms with Crippen molar-refractivity contribution in [3.8, 4) is 11.5 Å². The minimum Gasteiger partial charge on any atom is -0.497 e. The van der Waals surface area contributed by atoms with Crippen LogP contribution in [0, 0.1) is 0 Å². The molecular formula is C19H17NO4. The highest BCUT2D eigenvalue weighted by atomic mass is 16.5. The molecule has 0 saturated carbocycles. The van der Waals surface area contributed by atoms with E-state index in [2.05, 4.69) is 5.32 Å². The zero-order valence-electron chi connectivity index (χ0n) is 13.5. The van der Waals surface area contributed by atoms with Crippen LogP contribution in [0.3, 0.4) is 0 Å². The van der Waals surface area contributed by atoms with Gasteiger partial charge in [-0.3, -0.25) is 9.59 Å². The van der Waals surface area contributed by atoms with Crippen molar-refractivity contribution in [2.75, 3.05) is 20.8 Å². The summed E-state index contributed by atoms with van der Waals surface area (Å²) in [6.45, 7) is 0.218. The van der Waals surface area contributed by atoms with Crippen LogP contribution in [0.5, 0.6) is 11.5 Å². The van der Waals surface area contributed by atoms with Crippen molar-refractivity contribution in [1.29, 1.82) is 0 Å². The summed E-state index contributed by atoms with van der Waals surface area (Å²) < 4.78 is 10.8. The molecule has 1 amide bonds. The summed E-state index contributed by atoms with van der Waals surface area (Å²) in [5.74, 6) is 0.952. The smallest absolute Gasteiger partial charge is 0.251 e. The first kappa shape index (κ1) is 15.8. The Bertz CT molecular complexity index is 822. The van der Waals surface area contributed by atoms with Gasteiger partial charge >= 0.3 is 0 Å². The van der Waals surface area contributed by atoms with Crippen LogP contribution in [-0.4, -0.2) is 32.5 Å². The van der Waals surface area contributed by atoms with E-state index in [1.165, 1.54) is 0 Å². The van der Waals surface area contributed by atoms with Crippen LogP contribution in [0.25, 0.3) is 6.08 Å². The van der Waals surface area contributed by atoms with Crippen molar-refractivity contribution in [2.24, 2.45) is 0 Å². The van der Waals surface area contributed by atoms with Gasteiger partial charge in [0.1, 0.15) is 18.1 Å². The largest absolute Gasteiger partial charge is 0.497 e. The lowest BCUT2D eigenvalue weighted by Crippen LogP contribution is -2.19. The number of fused-ring (bicyclic) bond motifs is 1. The Labute approximate surface area is 139 Å². The summed E-state index contributed by atoms with van der Waals surface area (Å²) >= 11 is 0. The number of ketones is 1. The Morgan fingerprint density at radius 2 is 1.96 bits per heavy atom. The van der Waals surface area contributed by atoms with E-state index in [9.17, 15) is 9.59 Å². The summed E-state index contributed by atoms with van der Waals surface area (Å²) in [6, 6.07) is 12.2. The van der Waals surface area contributed by atoms with Crippen LogP contribution in [-0.2, 0) is 0 Å². The first-order valence-electron chi connectivity index (χ1n) is 7.50. The van der Waals surface area contributed by atoms with Crippen LogP contribution < -0.4 is 14.8 Å². The summed E-state index contributed by atoms with van der Waals surface area (Å²) in [5.41, 5.74) is 2.46. The Morgan fingerprint density at radius 1 is 1.21 bits per heavy atom. The molecular weight excluding hydrogens is 306 g/mol. The van der Waals surface area contributed by atoms with E-state index >= 15 is 0 Å². The molecule has 122 valence electrons. The molecule has 2 aromatic rings. The lowest BCUT2D eigenvalue weighted by atomic mass is 9.98. The number of nitrogens with one attached hydrogen (secondary N) is 1. The molecule has 0 fully saturated rings. The molecule has 2 aromatic carbocycles. The highest BCUT2D eigenvalue weighted by Crippen LogP contribution is 2.31. The van der Waals surface area contributed by atoms with Gasteiger partial charge in [-0.05, 0) is 42.0 Å². The van der Waals surface area contributed by atoms with Gasteiger partial charge in [-0.1, -0.05) is 12.1 Å². The van der Waals surface area contributed by atoms with Crippen LogP contribution in [0.2, 0.25) is 0 Å². The fourth-order valence-electron chi connectivity index (χ4n) is 2.52. The molecule has 3 rings (SSSR count). The van der Waals surface area contributed by atoms with Gasteiger partial charge in [0.25, 0.3) is 5.91 Å². The van der Waals surface area contributed by atoms with Gasteiger partial charge in [-0.25, -0.2) is 0 Å². The fourth-order valence-corrected chi connectivity index (χ4v) is 2.52. The van der Waals surface area contributed by atoms with E-state index in [1.54, 1.807) is 62.7 Å². The second-order valence-corrected chi connectivity index (χ2v) is 5.35. The van der Waals surface area contributed by atoms with Crippen LogP contribution in [0.4, 0.5) is 0 Å². The predicted molar refractivity (Wildman–Crippen MR) is 90.6 cm³/mol. The Hall–Kier alpha value is -3.08. The van der Waals surface area contributed by atoms with Gasteiger partial charge in [0, 0.05) is 18.2 Å². The van der Waals surface area contributed by atoms with Gasteiger partial charge in [-0.2, -0.15) is 0 Å². The number of amides is 1. The Morgan fingerprint density at radius 3 is 2.62 bits per heavy atom. The molecule has 1 heterocycles. The number of benzene rings is 2. The van der Waals surface area contributed by atoms with Crippen molar-refractivity contribution in [3.05, 3.63) is 64.7 Å². The van der Waals surface area contributed by atoms with Gasteiger partial charge in [0.05, 0.1) is 12.7 Å². The summed E-state index contributed by atoms with van der Waals surface area (Å²) in [6.07, 6.45) is 1.78. The maximum absolute atomic E-state index is 12.6. The molecule has 24 heavy (non-hydrogen) atoms. The molecule has 0 unspecified atom stereocenters. The predicted octanol–water partition coefficient (Wildman–Crippen LogP) is 2.71. The molecule has 0 atom stereocenters. The topological polar surface area (TPSA) is 64.6 Å². The van der Waals surface area contributed by atoms with Gasteiger partial charge in [0.2, 0.25) is 0 Å². The molecule has 0 radical (unpaired) electrons. The average Bonchev–Trinajstić information content (AvgIpc) is 2.63. The highest BCUT2D eigenvalue weighted by molar-refractivity contribution is 6.14. The van der Waals surface area contributed by atoms with Gasteiger partial charge in [0.15, 0.2) is 5.78 Å². The lowest BCUT2D eigenvalue weighted by Gasteiger charge is -2.19. The van der Waals surface area contributed by atoms with Crippen LogP contribution in [0.1, 0.15) is 26.3 Å². The van der Waals surface area contributed by atoms with Gasteiger partial charge in [-0.15, -0.1) is 0 Å². The number of carbonyl (C=O) groups excluding carboxylic acids is 2. The number of hydrogen-bond donors (Lipinski definition) is 1. The van der Waals surface area contributed by atoms with Crippen molar-refractivity contribution in [1.82, 2.24) is 5.32 Å². The second kappa shape index (κ2) is 6.58. The number of Topliss-reactive ketones (excluding diaryl/α,β-unsaturated/α-hetero) is 1. The van der Waals surface area contributed by atoms with E-state index in [0.29, 0.717) is 28.2 Å². The number of rotatable bonds is 3. The van der Waals surface area contributed by atoms with E-state index < -0.39 is 0 Å². The Balaban J connectivity index is 1.88. The van der Waals surface area contributed by atoms with Crippen LogP contribution in [0.15, 0.2) is 48.0 Å². The van der Waals surface area contributed by atoms with Crippen molar-refractivity contribution >= 4 is 17.8 Å². The summed E-state index contributed by atoms with van der Waals surface area (Å²) in [7, 11) is 3.14. The molecule has 0 aliphatic carbocycles. The molecule has 0 spiro atoms. The molecule has 0 saturated heterocycles. The van der Waals surface area contributed by atoms with Crippen molar-refractivity contribution in [3.63, 3.8) is 0 Å².